The van der Waals surface area contributed by atoms with Gasteiger partial charge in [-0.25, -0.2) is 0 Å². The molecular formula is C19H25NO2S. The number of hydrogen-bond acceptors (Lipinski definition) is 3. The summed E-state index contributed by atoms with van der Waals surface area (Å²) in [6, 6.07) is 10.6. The molecule has 1 aliphatic carbocycles. The molecule has 0 unspecified atom stereocenters. The molecule has 1 aromatic carbocycles. The Morgan fingerprint density at radius 3 is 2.70 bits per heavy atom. The molecule has 0 bridgehead atoms. The lowest BCUT2D eigenvalue weighted by Crippen LogP contribution is -2.50. The van der Waals surface area contributed by atoms with Crippen LogP contribution in [-0.4, -0.2) is 39.8 Å². The quantitative estimate of drug-likeness (QED) is 0.658. The molecule has 1 saturated carbocycles. The van der Waals surface area contributed by atoms with Gasteiger partial charge in [-0.1, -0.05) is 36.3 Å². The maximum atomic E-state index is 9.14. The van der Waals surface area contributed by atoms with Crippen LogP contribution in [-0.2, 0) is 11.3 Å². The minimum absolute atomic E-state index is 0.211. The Morgan fingerprint density at radius 1 is 1.35 bits per heavy atom. The number of aliphatic hydroxyl groups is 1. The summed E-state index contributed by atoms with van der Waals surface area (Å²) in [7, 11) is 2.07. The first-order valence-corrected chi connectivity index (χ1v) is 8.45. The summed E-state index contributed by atoms with van der Waals surface area (Å²) < 4.78 is 6.18. The van der Waals surface area contributed by atoms with Gasteiger partial charge in [-0.05, 0) is 63.9 Å². The van der Waals surface area contributed by atoms with E-state index in [1.54, 1.807) is 0 Å². The van der Waals surface area contributed by atoms with E-state index >= 15 is 0 Å². The van der Waals surface area contributed by atoms with Crippen LogP contribution in [0.3, 0.4) is 0 Å². The van der Waals surface area contributed by atoms with Gasteiger partial charge in [0, 0.05) is 6.04 Å². The summed E-state index contributed by atoms with van der Waals surface area (Å²) in [5, 5.41) is 8.88. The number of likely N-dealkylation sites (N-methyl/N-ethyl adjacent to an activating group) is 1. The lowest BCUT2D eigenvalue weighted by atomic mass is 10.00. The van der Waals surface area contributed by atoms with E-state index in [0.29, 0.717) is 12.6 Å². The maximum absolute atomic E-state index is 9.14. The van der Waals surface area contributed by atoms with E-state index in [4.69, 9.17) is 9.84 Å². The van der Waals surface area contributed by atoms with Crippen molar-refractivity contribution in [3.8, 4) is 11.8 Å². The normalized spacial score (nSPS) is 21.0. The lowest BCUT2D eigenvalue weighted by molar-refractivity contribution is -0.0175. The molecule has 0 aromatic heterocycles. The Balaban J connectivity index is 2.00. The third-order valence-corrected chi connectivity index (χ3v) is 4.68. The number of hydrogen-bond donors (Lipinski definition) is 1. The van der Waals surface area contributed by atoms with E-state index in [9.17, 15) is 0 Å². The van der Waals surface area contributed by atoms with Gasteiger partial charge in [0.05, 0.1) is 18.2 Å². The van der Waals surface area contributed by atoms with Gasteiger partial charge in [0.2, 0.25) is 5.05 Å². The van der Waals surface area contributed by atoms with Crippen molar-refractivity contribution < 1.29 is 9.84 Å². The van der Waals surface area contributed by atoms with Crippen LogP contribution in [0.4, 0.5) is 0 Å². The monoisotopic (exact) mass is 331 g/mol. The zero-order valence-electron chi connectivity index (χ0n) is 14.1. The van der Waals surface area contributed by atoms with Crippen LogP contribution in [0.2, 0.25) is 0 Å². The van der Waals surface area contributed by atoms with Crippen molar-refractivity contribution in [3.63, 3.8) is 0 Å². The predicted octanol–water partition coefficient (Wildman–Crippen LogP) is 3.72. The van der Waals surface area contributed by atoms with Gasteiger partial charge in [-0.2, -0.15) is 0 Å². The van der Waals surface area contributed by atoms with E-state index in [0.717, 1.165) is 19.3 Å². The number of rotatable bonds is 5. The molecule has 2 atom stereocenters. The fourth-order valence-electron chi connectivity index (χ4n) is 3.03. The van der Waals surface area contributed by atoms with E-state index in [1.165, 1.54) is 5.56 Å². The summed E-state index contributed by atoms with van der Waals surface area (Å²) in [5.74, 6) is 5.68. The van der Waals surface area contributed by atoms with Crippen molar-refractivity contribution in [2.24, 2.45) is 0 Å². The van der Waals surface area contributed by atoms with E-state index in [-0.39, 0.29) is 16.7 Å². The predicted molar refractivity (Wildman–Crippen MR) is 97.5 cm³/mol. The Bertz CT molecular complexity index is 588. The molecule has 3 nitrogen and oxygen atoms in total. The number of thiocarbonyl (C=S) groups is 1. The van der Waals surface area contributed by atoms with Crippen LogP contribution >= 0.6 is 12.2 Å². The Labute approximate surface area is 144 Å². The SMILES string of the molecule is CN([C@@H]1CCC[C@H]1OCc1ccccc1)C(C)(C)C#CC(O)=S. The molecule has 0 heterocycles. The standard InChI is InChI=1S/C19H25NO2S/c1-19(2,13-12-18(21)23)20(3)16-10-7-11-17(16)22-14-15-8-5-4-6-9-15/h4-6,8-9,16-17H,7,10-11,14H2,1-3H3,(H,21,23)/t16-,17-/m1/s1. The third kappa shape index (κ3) is 5.04. The van der Waals surface area contributed by atoms with Crippen LogP contribution in [0.5, 0.6) is 0 Å². The molecule has 23 heavy (non-hydrogen) atoms. The van der Waals surface area contributed by atoms with Crippen LogP contribution in [0, 0.1) is 11.8 Å². The minimum atomic E-state index is -0.365. The van der Waals surface area contributed by atoms with Crippen LogP contribution in [0.25, 0.3) is 0 Å². The summed E-state index contributed by atoms with van der Waals surface area (Å²) in [6.07, 6.45) is 3.55. The summed E-state index contributed by atoms with van der Waals surface area (Å²) in [4.78, 5) is 2.25. The van der Waals surface area contributed by atoms with Gasteiger partial charge in [-0.3, -0.25) is 4.90 Å². The van der Waals surface area contributed by atoms with E-state index < -0.39 is 0 Å². The van der Waals surface area contributed by atoms with E-state index in [2.05, 4.69) is 48.1 Å². The van der Waals surface area contributed by atoms with Crippen molar-refractivity contribution >= 4 is 17.3 Å². The highest BCUT2D eigenvalue weighted by molar-refractivity contribution is 7.80. The zero-order valence-corrected chi connectivity index (χ0v) is 14.9. The Kier molecular flexibility index (Phi) is 6.17. The average Bonchev–Trinajstić information content (AvgIpc) is 2.99. The second-order valence-electron chi connectivity index (χ2n) is 6.56. The van der Waals surface area contributed by atoms with Gasteiger partial charge in [-0.15, -0.1) is 0 Å². The molecular weight excluding hydrogens is 306 g/mol. The molecule has 0 amide bonds. The van der Waals surface area contributed by atoms with Gasteiger partial charge >= 0.3 is 0 Å². The van der Waals surface area contributed by atoms with Crippen molar-refractivity contribution in [1.82, 2.24) is 4.90 Å². The van der Waals surface area contributed by atoms with Crippen LogP contribution < -0.4 is 0 Å². The highest BCUT2D eigenvalue weighted by atomic mass is 32.1. The number of benzene rings is 1. The fourth-order valence-corrected chi connectivity index (χ4v) is 3.08. The molecule has 1 fully saturated rings. The molecule has 0 saturated heterocycles. The maximum Gasteiger partial charge on any atom is 0.234 e. The molecule has 0 radical (unpaired) electrons. The van der Waals surface area contributed by atoms with Crippen LogP contribution in [0.15, 0.2) is 30.3 Å². The molecule has 1 aliphatic rings. The number of aliphatic hydroxyl groups excluding tert-OH is 1. The van der Waals surface area contributed by atoms with Gasteiger partial charge in [0.15, 0.2) is 0 Å². The zero-order chi connectivity index (χ0) is 16.9. The largest absolute Gasteiger partial charge is 0.493 e. The molecule has 0 aliphatic heterocycles. The highest BCUT2D eigenvalue weighted by Gasteiger charge is 2.37. The average molecular weight is 331 g/mol. The molecule has 4 heteroatoms. The highest BCUT2D eigenvalue weighted by Crippen LogP contribution is 2.30. The molecule has 124 valence electrons. The first-order valence-electron chi connectivity index (χ1n) is 8.05. The Morgan fingerprint density at radius 2 is 2.04 bits per heavy atom. The first kappa shape index (κ1) is 17.9. The first-order chi connectivity index (χ1) is 10.9. The molecule has 1 aromatic rings. The number of nitrogens with zero attached hydrogens (tertiary/aromatic N) is 1. The molecule has 0 spiro atoms. The summed E-state index contributed by atoms with van der Waals surface area (Å²) in [5.41, 5.74) is 0.835. The summed E-state index contributed by atoms with van der Waals surface area (Å²) in [6.45, 7) is 4.73. The molecule has 1 N–H and O–H groups in total. The topological polar surface area (TPSA) is 32.7 Å². The lowest BCUT2D eigenvalue weighted by Gasteiger charge is -2.38. The van der Waals surface area contributed by atoms with Crippen molar-refractivity contribution in [2.75, 3.05) is 7.05 Å². The fraction of sp³-hybridized carbons (Fsp3) is 0.526. The van der Waals surface area contributed by atoms with Gasteiger partial charge < -0.3 is 9.84 Å². The van der Waals surface area contributed by atoms with E-state index in [1.807, 2.05) is 32.0 Å². The number of ether oxygens (including phenoxy) is 1. The summed E-state index contributed by atoms with van der Waals surface area (Å²) >= 11 is 4.64. The van der Waals surface area contributed by atoms with Crippen molar-refractivity contribution in [3.05, 3.63) is 35.9 Å². The molecule has 2 rings (SSSR count). The Hall–Kier alpha value is -1.41. The minimum Gasteiger partial charge on any atom is -0.493 e. The van der Waals surface area contributed by atoms with Gasteiger partial charge in [0.1, 0.15) is 0 Å². The van der Waals surface area contributed by atoms with Gasteiger partial charge in [0.25, 0.3) is 0 Å². The second kappa shape index (κ2) is 7.92. The second-order valence-corrected chi connectivity index (χ2v) is 6.95. The van der Waals surface area contributed by atoms with Crippen LogP contribution in [0.1, 0.15) is 38.7 Å². The van der Waals surface area contributed by atoms with Crippen molar-refractivity contribution in [2.45, 2.75) is 57.4 Å². The smallest absolute Gasteiger partial charge is 0.234 e. The van der Waals surface area contributed by atoms with Crippen molar-refractivity contribution in [1.29, 1.82) is 0 Å². The third-order valence-electron chi connectivity index (χ3n) is 4.58.